The highest BCUT2D eigenvalue weighted by Gasteiger charge is 2.33. The number of aryl methyl sites for hydroxylation is 1. The van der Waals surface area contributed by atoms with Gasteiger partial charge in [0.25, 0.3) is 0 Å². The first-order valence-electron chi connectivity index (χ1n) is 11.9. The van der Waals surface area contributed by atoms with Crippen LogP contribution in [0.1, 0.15) is 41.3 Å². The summed E-state index contributed by atoms with van der Waals surface area (Å²) in [5.41, 5.74) is 2.99. The molecule has 5 rings (SSSR count). The first-order valence-corrected chi connectivity index (χ1v) is 12.3. The van der Waals surface area contributed by atoms with Crippen molar-refractivity contribution in [3.63, 3.8) is 0 Å². The summed E-state index contributed by atoms with van der Waals surface area (Å²) in [7, 11) is 4.41. The number of aromatic nitrogens is 5. The van der Waals surface area contributed by atoms with Gasteiger partial charge in [-0.3, -0.25) is 0 Å². The second-order valence-corrected chi connectivity index (χ2v) is 8.97. The fourth-order valence-electron chi connectivity index (χ4n) is 4.74. The molecule has 0 fully saturated rings. The Bertz CT molecular complexity index is 1530. The van der Waals surface area contributed by atoms with Crippen molar-refractivity contribution in [1.29, 1.82) is 0 Å². The van der Waals surface area contributed by atoms with Gasteiger partial charge in [-0.2, -0.15) is 0 Å². The molecule has 39 heavy (non-hydrogen) atoms. The number of para-hydroxylation sites is 1. The molecule has 0 saturated carbocycles. The monoisotopic (exact) mass is 552 g/mol. The molecule has 0 amide bonds. The van der Waals surface area contributed by atoms with Crippen molar-refractivity contribution in [3.05, 3.63) is 82.4 Å². The highest BCUT2D eigenvalue weighted by molar-refractivity contribution is 6.41. The summed E-state index contributed by atoms with van der Waals surface area (Å²) in [5.74, 6) is -0.232. The Morgan fingerprint density at radius 2 is 1.97 bits per heavy atom. The molecule has 0 spiro atoms. The molecule has 202 valence electrons. The Morgan fingerprint density at radius 1 is 1.13 bits per heavy atom. The van der Waals surface area contributed by atoms with E-state index in [-0.39, 0.29) is 12.4 Å². The number of tetrazole rings is 1. The third-order valence-electron chi connectivity index (χ3n) is 6.39. The fraction of sp³-hybridized carbons (Fsp3) is 0.269. The number of carboxylic acids is 1. The largest absolute Gasteiger partial charge is 0.493 e. The van der Waals surface area contributed by atoms with Crippen LogP contribution in [0.25, 0.3) is 5.69 Å². The predicted molar refractivity (Wildman–Crippen MR) is 140 cm³/mol. The normalized spacial score (nSPS) is 16.7. The van der Waals surface area contributed by atoms with Crippen LogP contribution in [0.15, 0.2) is 59.9 Å². The molecule has 4 aromatic rings. The standard InChI is InChI=1S/C26H25ClN6O6/c1-36-21-8-4-6-16(24(21)37-2)23-17-14-15(27)9-10-18(17)32-12-5-7-19(32)20(39-23)11-13-33-25(28-30-31-33)22(26(34)35)29-38-3/h4-10,12,14,20,23H,11,13H2,1-3H3,(H,34,35)/b29-22+/t20-,23-/m1/s1. The van der Waals surface area contributed by atoms with Crippen LogP contribution in [-0.4, -0.2) is 62.9 Å². The molecule has 2 aromatic heterocycles. The quantitative estimate of drug-likeness (QED) is 0.243. The van der Waals surface area contributed by atoms with E-state index in [1.165, 1.54) is 11.8 Å². The lowest BCUT2D eigenvalue weighted by molar-refractivity contribution is -0.129. The van der Waals surface area contributed by atoms with Gasteiger partial charge in [-0.1, -0.05) is 28.9 Å². The van der Waals surface area contributed by atoms with Crippen LogP contribution in [-0.2, 0) is 20.9 Å². The summed E-state index contributed by atoms with van der Waals surface area (Å²) in [6, 6.07) is 15.2. The van der Waals surface area contributed by atoms with E-state index >= 15 is 0 Å². The summed E-state index contributed by atoms with van der Waals surface area (Å²) in [6.07, 6.45) is 1.31. The summed E-state index contributed by atoms with van der Waals surface area (Å²) in [4.78, 5) is 16.4. The molecule has 13 heteroatoms. The predicted octanol–water partition coefficient (Wildman–Crippen LogP) is 3.82. The van der Waals surface area contributed by atoms with Gasteiger partial charge in [-0.05, 0) is 53.2 Å². The van der Waals surface area contributed by atoms with Crippen LogP contribution in [0, 0.1) is 0 Å². The molecule has 3 heterocycles. The van der Waals surface area contributed by atoms with Crippen LogP contribution in [0.3, 0.4) is 0 Å². The van der Waals surface area contributed by atoms with E-state index in [1.54, 1.807) is 14.2 Å². The van der Waals surface area contributed by atoms with Crippen molar-refractivity contribution in [1.82, 2.24) is 24.8 Å². The van der Waals surface area contributed by atoms with Crippen molar-refractivity contribution in [2.75, 3.05) is 21.3 Å². The summed E-state index contributed by atoms with van der Waals surface area (Å²) in [6.45, 7) is 0.229. The molecule has 0 saturated heterocycles. The number of oxime groups is 1. The smallest absolute Gasteiger partial charge is 0.362 e. The Hall–Kier alpha value is -4.42. The minimum atomic E-state index is -1.31. The van der Waals surface area contributed by atoms with E-state index < -0.39 is 23.9 Å². The Balaban J connectivity index is 1.57. The van der Waals surface area contributed by atoms with Crippen LogP contribution >= 0.6 is 11.6 Å². The van der Waals surface area contributed by atoms with Gasteiger partial charge in [-0.15, -0.1) is 5.10 Å². The SMILES string of the molecule is CO/N=C(/C(=O)O)c1nnnn1CC[C@H]1O[C@H](c2cccc(OC)c2OC)c2cc(Cl)ccc2-n2cccc21. The number of halogens is 1. The van der Waals surface area contributed by atoms with E-state index in [9.17, 15) is 9.90 Å². The first-order chi connectivity index (χ1) is 19.0. The second-order valence-electron chi connectivity index (χ2n) is 8.54. The molecule has 0 aliphatic carbocycles. The van der Waals surface area contributed by atoms with Gasteiger partial charge < -0.3 is 28.7 Å². The van der Waals surface area contributed by atoms with Crippen molar-refractivity contribution < 1.29 is 28.9 Å². The number of rotatable bonds is 9. The zero-order chi connectivity index (χ0) is 27.5. The third kappa shape index (κ3) is 4.91. The highest BCUT2D eigenvalue weighted by Crippen LogP contribution is 2.46. The number of aliphatic carboxylic acids is 1. The van der Waals surface area contributed by atoms with Crippen LogP contribution < -0.4 is 9.47 Å². The molecular formula is C26H25ClN6O6. The molecular weight excluding hydrogens is 528 g/mol. The molecule has 1 aliphatic rings. The van der Waals surface area contributed by atoms with Gasteiger partial charge in [0.1, 0.15) is 19.3 Å². The number of carboxylic acid groups (broad SMARTS) is 1. The van der Waals surface area contributed by atoms with E-state index in [4.69, 9.17) is 25.8 Å². The van der Waals surface area contributed by atoms with Gasteiger partial charge >= 0.3 is 5.97 Å². The highest BCUT2D eigenvalue weighted by atomic mass is 35.5. The van der Waals surface area contributed by atoms with Gasteiger partial charge in [0.2, 0.25) is 11.5 Å². The third-order valence-corrected chi connectivity index (χ3v) is 6.63. The minimum Gasteiger partial charge on any atom is -0.493 e. The number of hydrogen-bond donors (Lipinski definition) is 1. The lowest BCUT2D eigenvalue weighted by Crippen LogP contribution is -2.22. The number of carbonyl (C=O) groups is 1. The maximum atomic E-state index is 11.7. The Kier molecular flexibility index (Phi) is 7.48. The van der Waals surface area contributed by atoms with Crippen LogP contribution in [0.4, 0.5) is 0 Å². The molecule has 1 N–H and O–H groups in total. The van der Waals surface area contributed by atoms with Crippen molar-refractivity contribution in [2.24, 2.45) is 5.16 Å². The number of hydrogen-bond acceptors (Lipinski definition) is 9. The lowest BCUT2D eigenvalue weighted by Gasteiger charge is -2.25. The van der Waals surface area contributed by atoms with Crippen LogP contribution in [0.5, 0.6) is 11.5 Å². The van der Waals surface area contributed by atoms with E-state index in [2.05, 4.69) is 30.1 Å². The Morgan fingerprint density at radius 3 is 2.72 bits per heavy atom. The zero-order valence-corrected chi connectivity index (χ0v) is 22.1. The van der Waals surface area contributed by atoms with Crippen molar-refractivity contribution >= 4 is 23.3 Å². The molecule has 2 atom stereocenters. The average Bonchev–Trinajstić information content (AvgIpc) is 3.59. The number of fused-ring (bicyclic) bond motifs is 3. The van der Waals surface area contributed by atoms with Crippen LogP contribution in [0.2, 0.25) is 5.02 Å². The van der Waals surface area contributed by atoms with Gasteiger partial charge in [0, 0.05) is 28.9 Å². The van der Waals surface area contributed by atoms with Gasteiger partial charge in [-0.25, -0.2) is 9.48 Å². The lowest BCUT2D eigenvalue weighted by atomic mass is 9.98. The number of nitrogens with zero attached hydrogens (tertiary/aromatic N) is 6. The zero-order valence-electron chi connectivity index (χ0n) is 21.3. The number of ether oxygens (including phenoxy) is 3. The average molecular weight is 553 g/mol. The molecule has 0 unspecified atom stereocenters. The van der Waals surface area contributed by atoms with E-state index in [0.29, 0.717) is 22.9 Å². The summed E-state index contributed by atoms with van der Waals surface area (Å²) < 4.78 is 21.5. The maximum absolute atomic E-state index is 11.7. The summed E-state index contributed by atoms with van der Waals surface area (Å²) >= 11 is 6.46. The molecule has 12 nitrogen and oxygen atoms in total. The number of benzene rings is 2. The maximum Gasteiger partial charge on any atom is 0.362 e. The summed E-state index contributed by atoms with van der Waals surface area (Å²) in [5, 5.41) is 25.1. The first kappa shape index (κ1) is 26.2. The molecule has 0 bridgehead atoms. The van der Waals surface area contributed by atoms with Crippen molar-refractivity contribution in [3.8, 4) is 17.2 Å². The minimum absolute atomic E-state index is 0.0329. The molecule has 2 aromatic carbocycles. The van der Waals surface area contributed by atoms with Gasteiger partial charge in [0.15, 0.2) is 11.5 Å². The molecule has 1 aliphatic heterocycles. The fourth-order valence-corrected chi connectivity index (χ4v) is 4.92. The van der Waals surface area contributed by atoms with Crippen molar-refractivity contribution in [2.45, 2.75) is 25.2 Å². The number of methoxy groups -OCH3 is 2. The molecule has 0 radical (unpaired) electrons. The van der Waals surface area contributed by atoms with E-state index in [0.717, 1.165) is 22.5 Å². The van der Waals surface area contributed by atoms with Gasteiger partial charge in [0.05, 0.1) is 25.6 Å². The Labute approximate surface area is 228 Å². The second kappa shape index (κ2) is 11.1. The van der Waals surface area contributed by atoms with E-state index in [1.807, 2.05) is 54.7 Å². The topological polar surface area (TPSA) is 135 Å².